The Morgan fingerprint density at radius 2 is 1.92 bits per heavy atom. The summed E-state index contributed by atoms with van der Waals surface area (Å²) in [5, 5.41) is 3.34. The predicted octanol–water partition coefficient (Wildman–Crippen LogP) is 2.43. The lowest BCUT2D eigenvalue weighted by atomic mass is 10.2. The number of carbonyl (C=O) groups is 1. The van der Waals surface area contributed by atoms with E-state index >= 15 is 0 Å². The van der Waals surface area contributed by atoms with Crippen LogP contribution in [0.2, 0.25) is 0 Å². The molecular formula is C18H17N3O3. The van der Waals surface area contributed by atoms with E-state index in [1.165, 1.54) is 10.9 Å². The fourth-order valence-electron chi connectivity index (χ4n) is 2.39. The van der Waals surface area contributed by atoms with Crippen molar-refractivity contribution in [2.45, 2.75) is 13.0 Å². The summed E-state index contributed by atoms with van der Waals surface area (Å²) < 4.78 is 6.52. The number of hydrogen-bond acceptors (Lipinski definition) is 4. The van der Waals surface area contributed by atoms with Crippen molar-refractivity contribution in [1.82, 2.24) is 9.55 Å². The first-order valence-corrected chi connectivity index (χ1v) is 7.55. The van der Waals surface area contributed by atoms with Crippen molar-refractivity contribution in [3.63, 3.8) is 0 Å². The Labute approximate surface area is 138 Å². The van der Waals surface area contributed by atoms with Crippen LogP contribution in [0.5, 0.6) is 5.75 Å². The number of anilines is 1. The number of aromatic nitrogens is 2. The summed E-state index contributed by atoms with van der Waals surface area (Å²) in [5.41, 5.74) is 1.20. The lowest BCUT2D eigenvalue weighted by Gasteiger charge is -2.08. The molecule has 24 heavy (non-hydrogen) atoms. The molecule has 0 aliphatic carbocycles. The molecule has 0 saturated heterocycles. The first kappa shape index (κ1) is 15.7. The zero-order chi connectivity index (χ0) is 16.9. The van der Waals surface area contributed by atoms with Crippen LogP contribution in [0.3, 0.4) is 0 Å². The maximum absolute atomic E-state index is 12.3. The molecule has 0 fully saturated rings. The normalized spacial score (nSPS) is 10.5. The predicted molar refractivity (Wildman–Crippen MR) is 92.2 cm³/mol. The third-order valence-corrected chi connectivity index (χ3v) is 3.69. The van der Waals surface area contributed by atoms with Gasteiger partial charge < -0.3 is 10.1 Å². The van der Waals surface area contributed by atoms with E-state index in [-0.39, 0.29) is 24.4 Å². The van der Waals surface area contributed by atoms with Gasteiger partial charge in [0.15, 0.2) is 0 Å². The number of carbonyl (C=O) groups excluding carboxylic acids is 1. The summed E-state index contributed by atoms with van der Waals surface area (Å²) in [6, 6.07) is 14.2. The minimum absolute atomic E-state index is 0.141. The number of amides is 1. The Balaban J connectivity index is 1.65. The number of nitrogens with zero attached hydrogens (tertiary/aromatic N) is 2. The van der Waals surface area contributed by atoms with E-state index in [1.54, 1.807) is 49.6 Å². The molecule has 0 bridgehead atoms. The molecule has 1 N–H and O–H groups in total. The van der Waals surface area contributed by atoms with Crippen molar-refractivity contribution >= 4 is 22.5 Å². The highest BCUT2D eigenvalue weighted by Gasteiger charge is 2.07. The topological polar surface area (TPSA) is 73.2 Å². The van der Waals surface area contributed by atoms with Gasteiger partial charge in [-0.15, -0.1) is 0 Å². The fraction of sp³-hybridized carbons (Fsp3) is 0.167. The Morgan fingerprint density at radius 1 is 1.17 bits per heavy atom. The van der Waals surface area contributed by atoms with Gasteiger partial charge in [-0.3, -0.25) is 14.2 Å². The van der Waals surface area contributed by atoms with Crippen molar-refractivity contribution < 1.29 is 9.53 Å². The SMILES string of the molecule is COc1ccc(NC(=O)CCn2cnc3ccccc3c2=O)cc1. The van der Waals surface area contributed by atoms with Crippen LogP contribution in [0.4, 0.5) is 5.69 Å². The number of aryl methyl sites for hydroxylation is 1. The van der Waals surface area contributed by atoms with Crippen LogP contribution in [0, 0.1) is 0 Å². The van der Waals surface area contributed by atoms with E-state index in [1.807, 2.05) is 6.07 Å². The second kappa shape index (κ2) is 6.95. The summed E-state index contributed by atoms with van der Waals surface area (Å²) in [6.45, 7) is 0.276. The van der Waals surface area contributed by atoms with Gasteiger partial charge in [-0.1, -0.05) is 12.1 Å². The van der Waals surface area contributed by atoms with Crippen molar-refractivity contribution in [2.75, 3.05) is 12.4 Å². The molecular weight excluding hydrogens is 306 g/mol. The number of fused-ring (bicyclic) bond motifs is 1. The van der Waals surface area contributed by atoms with E-state index in [4.69, 9.17) is 4.74 Å². The van der Waals surface area contributed by atoms with Gasteiger partial charge in [-0.05, 0) is 36.4 Å². The van der Waals surface area contributed by atoms with Crippen LogP contribution >= 0.6 is 0 Å². The minimum Gasteiger partial charge on any atom is -0.497 e. The molecule has 3 rings (SSSR count). The van der Waals surface area contributed by atoms with E-state index in [2.05, 4.69) is 10.3 Å². The van der Waals surface area contributed by atoms with Gasteiger partial charge in [0, 0.05) is 18.7 Å². The van der Waals surface area contributed by atoms with Crippen LogP contribution in [0.1, 0.15) is 6.42 Å². The van der Waals surface area contributed by atoms with Crippen molar-refractivity contribution in [3.8, 4) is 5.75 Å². The maximum Gasteiger partial charge on any atom is 0.261 e. The second-order valence-electron chi connectivity index (χ2n) is 5.29. The third-order valence-electron chi connectivity index (χ3n) is 3.69. The van der Waals surface area contributed by atoms with E-state index < -0.39 is 0 Å². The van der Waals surface area contributed by atoms with E-state index in [0.717, 1.165) is 5.75 Å². The maximum atomic E-state index is 12.3. The summed E-state index contributed by atoms with van der Waals surface area (Å²) in [7, 11) is 1.59. The first-order chi connectivity index (χ1) is 11.7. The lowest BCUT2D eigenvalue weighted by Crippen LogP contribution is -2.23. The Kier molecular flexibility index (Phi) is 4.56. The number of hydrogen-bond donors (Lipinski definition) is 1. The second-order valence-corrected chi connectivity index (χ2v) is 5.29. The van der Waals surface area contributed by atoms with Crippen LogP contribution in [0.15, 0.2) is 59.7 Å². The molecule has 1 heterocycles. The molecule has 0 aliphatic rings. The molecule has 0 radical (unpaired) electrons. The molecule has 122 valence electrons. The molecule has 0 atom stereocenters. The highest BCUT2D eigenvalue weighted by molar-refractivity contribution is 5.90. The van der Waals surface area contributed by atoms with Crippen molar-refractivity contribution in [1.29, 1.82) is 0 Å². The molecule has 3 aromatic rings. The van der Waals surface area contributed by atoms with Crippen molar-refractivity contribution in [3.05, 3.63) is 65.2 Å². The highest BCUT2D eigenvalue weighted by atomic mass is 16.5. The molecule has 0 spiro atoms. The Morgan fingerprint density at radius 3 is 2.67 bits per heavy atom. The smallest absolute Gasteiger partial charge is 0.261 e. The highest BCUT2D eigenvalue weighted by Crippen LogP contribution is 2.15. The number of benzene rings is 2. The zero-order valence-electron chi connectivity index (χ0n) is 13.2. The molecule has 0 aliphatic heterocycles. The van der Waals surface area contributed by atoms with E-state index in [0.29, 0.717) is 16.6 Å². The average Bonchev–Trinajstić information content (AvgIpc) is 2.62. The molecule has 0 saturated carbocycles. The summed E-state index contributed by atoms with van der Waals surface area (Å²) in [6.07, 6.45) is 1.66. The average molecular weight is 323 g/mol. The monoisotopic (exact) mass is 323 g/mol. The largest absolute Gasteiger partial charge is 0.497 e. The minimum atomic E-state index is -0.166. The summed E-state index contributed by atoms with van der Waals surface area (Å²) in [4.78, 5) is 28.6. The molecule has 1 aromatic heterocycles. The van der Waals surface area contributed by atoms with Crippen molar-refractivity contribution in [2.24, 2.45) is 0 Å². The van der Waals surface area contributed by atoms with Gasteiger partial charge in [0.1, 0.15) is 5.75 Å². The Bertz CT molecular complexity index is 917. The number of rotatable bonds is 5. The first-order valence-electron chi connectivity index (χ1n) is 7.55. The van der Waals surface area contributed by atoms with Crippen LogP contribution in [-0.2, 0) is 11.3 Å². The standard InChI is InChI=1S/C18H17N3O3/c1-24-14-8-6-13(7-9-14)20-17(22)10-11-21-12-19-16-5-3-2-4-15(16)18(21)23/h2-9,12H,10-11H2,1H3,(H,20,22). The van der Waals surface area contributed by atoms with Gasteiger partial charge in [-0.25, -0.2) is 4.98 Å². The number of para-hydroxylation sites is 1. The third kappa shape index (κ3) is 3.43. The van der Waals surface area contributed by atoms with Gasteiger partial charge in [-0.2, -0.15) is 0 Å². The number of methoxy groups -OCH3 is 1. The number of ether oxygens (including phenoxy) is 1. The van der Waals surface area contributed by atoms with Gasteiger partial charge in [0.05, 0.1) is 24.3 Å². The van der Waals surface area contributed by atoms with Crippen LogP contribution in [-0.4, -0.2) is 22.6 Å². The fourth-order valence-corrected chi connectivity index (χ4v) is 2.39. The summed E-state index contributed by atoms with van der Waals surface area (Å²) >= 11 is 0. The molecule has 6 nitrogen and oxygen atoms in total. The summed E-state index contributed by atoms with van der Waals surface area (Å²) in [5.74, 6) is 0.557. The molecule has 2 aromatic carbocycles. The van der Waals surface area contributed by atoms with Gasteiger partial charge >= 0.3 is 0 Å². The Hall–Kier alpha value is -3.15. The molecule has 0 unspecified atom stereocenters. The van der Waals surface area contributed by atoms with Gasteiger partial charge in [0.25, 0.3) is 5.56 Å². The zero-order valence-corrected chi connectivity index (χ0v) is 13.2. The molecule has 1 amide bonds. The number of nitrogens with one attached hydrogen (secondary N) is 1. The molecule has 6 heteroatoms. The van der Waals surface area contributed by atoms with Crippen LogP contribution < -0.4 is 15.6 Å². The van der Waals surface area contributed by atoms with Crippen LogP contribution in [0.25, 0.3) is 10.9 Å². The quantitative estimate of drug-likeness (QED) is 0.782. The van der Waals surface area contributed by atoms with Gasteiger partial charge in [0.2, 0.25) is 5.91 Å². The van der Waals surface area contributed by atoms with E-state index in [9.17, 15) is 9.59 Å². The lowest BCUT2D eigenvalue weighted by molar-refractivity contribution is -0.116.